The van der Waals surface area contributed by atoms with Crippen molar-refractivity contribution in [1.82, 2.24) is 4.98 Å². The van der Waals surface area contributed by atoms with Gasteiger partial charge in [-0.25, -0.2) is 4.98 Å². The maximum absolute atomic E-state index is 6.11. The second-order valence-corrected chi connectivity index (χ2v) is 6.95. The highest BCUT2D eigenvalue weighted by atomic mass is 35.5. The first-order valence-electron chi connectivity index (χ1n) is 7.06. The molecule has 0 aromatic carbocycles. The molecule has 1 aliphatic rings. The lowest BCUT2D eigenvalue weighted by atomic mass is 9.78. The highest BCUT2D eigenvalue weighted by molar-refractivity contribution is 7.80. The molecule has 22 heavy (non-hydrogen) atoms. The van der Waals surface area contributed by atoms with Gasteiger partial charge in [0.25, 0.3) is 0 Å². The zero-order valence-corrected chi connectivity index (χ0v) is 15.2. The number of pyridine rings is 1. The molecule has 1 aromatic rings. The number of hydrogen-bond acceptors (Lipinski definition) is 5. The molecule has 1 aliphatic heterocycles. The minimum absolute atomic E-state index is 0.379. The van der Waals surface area contributed by atoms with Crippen LogP contribution in [0, 0.1) is 0 Å². The fourth-order valence-corrected chi connectivity index (χ4v) is 2.56. The highest BCUT2D eigenvalue weighted by Gasteiger charge is 2.52. The predicted octanol–water partition coefficient (Wildman–Crippen LogP) is 3.69. The zero-order valence-electron chi connectivity index (χ0n) is 13.5. The van der Waals surface area contributed by atoms with Crippen LogP contribution in [0.15, 0.2) is 17.7 Å². The van der Waals surface area contributed by atoms with E-state index in [0.29, 0.717) is 16.7 Å². The summed E-state index contributed by atoms with van der Waals surface area (Å²) in [4.78, 5) is 4.16. The molecule has 1 saturated heterocycles. The Balaban J connectivity index is 2.27. The summed E-state index contributed by atoms with van der Waals surface area (Å²) in [5.74, 6) is 0.919. The number of hydrogen-bond donors (Lipinski definition) is 1. The van der Waals surface area contributed by atoms with Crippen LogP contribution in [0.4, 0.5) is 0 Å². The van der Waals surface area contributed by atoms with Crippen molar-refractivity contribution in [2.24, 2.45) is 0 Å². The molecule has 0 saturated carbocycles. The third kappa shape index (κ3) is 3.45. The maximum atomic E-state index is 6.11. The fraction of sp³-hybridized carbons (Fsp3) is 0.533. The van der Waals surface area contributed by atoms with Crippen molar-refractivity contribution in [1.29, 1.82) is 0 Å². The SMILES string of the molecule is COc1ncc(C=C(CS)B2OC(C)(C)C(C)(C)O2)cc1Cl. The number of thiol groups is 1. The van der Waals surface area contributed by atoms with Crippen molar-refractivity contribution in [2.45, 2.75) is 38.9 Å². The largest absolute Gasteiger partial charge is 0.491 e. The van der Waals surface area contributed by atoms with E-state index < -0.39 is 7.12 Å². The summed E-state index contributed by atoms with van der Waals surface area (Å²) in [6, 6.07) is 1.79. The molecule has 2 rings (SSSR count). The van der Waals surface area contributed by atoms with Crippen LogP contribution in [0.1, 0.15) is 33.3 Å². The van der Waals surface area contributed by atoms with E-state index in [1.807, 2.05) is 33.8 Å². The third-order valence-electron chi connectivity index (χ3n) is 4.11. The summed E-state index contributed by atoms with van der Waals surface area (Å²) in [5.41, 5.74) is 1.01. The molecule has 0 aliphatic carbocycles. The van der Waals surface area contributed by atoms with E-state index in [1.54, 1.807) is 12.3 Å². The molecular weight excluding hydrogens is 321 g/mol. The fourth-order valence-electron chi connectivity index (χ4n) is 2.07. The Hall–Kier alpha value is -0.685. The van der Waals surface area contributed by atoms with Crippen LogP contribution in [-0.2, 0) is 9.31 Å². The molecule has 1 aromatic heterocycles. The van der Waals surface area contributed by atoms with Gasteiger partial charge in [0.1, 0.15) is 5.02 Å². The van der Waals surface area contributed by atoms with Gasteiger partial charge in [0.05, 0.1) is 18.3 Å². The first-order chi connectivity index (χ1) is 10.2. The van der Waals surface area contributed by atoms with Crippen molar-refractivity contribution in [3.8, 4) is 5.88 Å². The van der Waals surface area contributed by atoms with E-state index >= 15 is 0 Å². The van der Waals surface area contributed by atoms with Gasteiger partial charge in [-0.05, 0) is 44.8 Å². The smallest absolute Gasteiger partial charge is 0.480 e. The minimum Gasteiger partial charge on any atom is -0.480 e. The number of rotatable bonds is 4. The van der Waals surface area contributed by atoms with Gasteiger partial charge in [0, 0.05) is 11.9 Å². The Labute approximate surface area is 142 Å². The Bertz CT molecular complexity index is 576. The predicted molar refractivity (Wildman–Crippen MR) is 93.7 cm³/mol. The van der Waals surface area contributed by atoms with Crippen LogP contribution in [0.25, 0.3) is 6.08 Å². The van der Waals surface area contributed by atoms with Gasteiger partial charge >= 0.3 is 7.12 Å². The van der Waals surface area contributed by atoms with Gasteiger partial charge in [-0.2, -0.15) is 12.6 Å². The van der Waals surface area contributed by atoms with Gasteiger partial charge in [-0.3, -0.25) is 0 Å². The summed E-state index contributed by atoms with van der Waals surface area (Å²) in [6.07, 6.45) is 3.63. The van der Waals surface area contributed by atoms with Crippen LogP contribution < -0.4 is 4.74 Å². The number of methoxy groups -OCH3 is 1. The Morgan fingerprint density at radius 1 is 1.36 bits per heavy atom. The maximum Gasteiger partial charge on any atom is 0.491 e. The molecule has 0 bridgehead atoms. The monoisotopic (exact) mass is 341 g/mol. The average Bonchev–Trinajstić information content (AvgIpc) is 2.65. The molecule has 7 heteroatoms. The van der Waals surface area contributed by atoms with E-state index in [9.17, 15) is 0 Å². The van der Waals surface area contributed by atoms with Crippen molar-refractivity contribution in [2.75, 3.05) is 12.9 Å². The minimum atomic E-state index is -0.427. The molecule has 0 atom stereocenters. The van der Waals surface area contributed by atoms with Crippen LogP contribution >= 0.6 is 24.2 Å². The number of ether oxygens (including phenoxy) is 1. The molecule has 1 fully saturated rings. The first kappa shape index (κ1) is 17.7. The summed E-state index contributed by atoms with van der Waals surface area (Å²) in [6.45, 7) is 8.09. The summed E-state index contributed by atoms with van der Waals surface area (Å²) in [5, 5.41) is 0.462. The number of nitrogens with zero attached hydrogens (tertiary/aromatic N) is 1. The van der Waals surface area contributed by atoms with Crippen LogP contribution in [0.5, 0.6) is 5.88 Å². The molecule has 0 radical (unpaired) electrons. The van der Waals surface area contributed by atoms with E-state index in [4.69, 9.17) is 25.6 Å². The Morgan fingerprint density at radius 3 is 2.41 bits per heavy atom. The van der Waals surface area contributed by atoms with E-state index in [1.165, 1.54) is 7.11 Å². The highest BCUT2D eigenvalue weighted by Crippen LogP contribution is 2.39. The molecule has 2 heterocycles. The lowest BCUT2D eigenvalue weighted by Crippen LogP contribution is -2.41. The molecule has 0 N–H and O–H groups in total. The quantitative estimate of drug-likeness (QED) is 0.670. The van der Waals surface area contributed by atoms with Gasteiger partial charge < -0.3 is 14.0 Å². The zero-order chi connectivity index (χ0) is 16.5. The third-order valence-corrected chi connectivity index (χ3v) is 4.75. The molecule has 0 unspecified atom stereocenters. The first-order valence-corrected chi connectivity index (χ1v) is 8.08. The number of aromatic nitrogens is 1. The van der Waals surface area contributed by atoms with Crippen molar-refractivity contribution >= 4 is 37.4 Å². The molecular formula is C15H21BClNO3S. The molecule has 0 amide bonds. The molecule has 4 nitrogen and oxygen atoms in total. The van der Waals surface area contributed by atoms with E-state index in [0.717, 1.165) is 11.0 Å². The average molecular weight is 342 g/mol. The van der Waals surface area contributed by atoms with Crippen LogP contribution in [0.3, 0.4) is 0 Å². The van der Waals surface area contributed by atoms with Crippen LogP contribution in [-0.4, -0.2) is 36.2 Å². The van der Waals surface area contributed by atoms with Crippen molar-refractivity contribution < 1.29 is 14.0 Å². The van der Waals surface area contributed by atoms with Gasteiger partial charge in [-0.1, -0.05) is 17.7 Å². The van der Waals surface area contributed by atoms with Crippen molar-refractivity contribution in [3.63, 3.8) is 0 Å². The van der Waals surface area contributed by atoms with E-state index in [-0.39, 0.29) is 11.2 Å². The normalized spacial score (nSPS) is 20.3. The second-order valence-electron chi connectivity index (χ2n) is 6.23. The van der Waals surface area contributed by atoms with Gasteiger partial charge in [0.15, 0.2) is 0 Å². The topological polar surface area (TPSA) is 40.6 Å². The second kappa shape index (κ2) is 6.44. The van der Waals surface area contributed by atoms with Gasteiger partial charge in [0.2, 0.25) is 5.88 Å². The Kier molecular flexibility index (Phi) is 5.17. The lowest BCUT2D eigenvalue weighted by molar-refractivity contribution is 0.00578. The Morgan fingerprint density at radius 2 is 1.95 bits per heavy atom. The molecule has 120 valence electrons. The number of halogens is 1. The van der Waals surface area contributed by atoms with Crippen molar-refractivity contribution in [3.05, 3.63) is 28.3 Å². The van der Waals surface area contributed by atoms with Crippen LogP contribution in [0.2, 0.25) is 5.02 Å². The summed E-state index contributed by atoms with van der Waals surface area (Å²) < 4.78 is 17.2. The van der Waals surface area contributed by atoms with Gasteiger partial charge in [-0.15, -0.1) is 0 Å². The molecule has 0 spiro atoms. The standard InChI is InChI=1S/C15H21BClNO3S/c1-14(2)15(3,4)21-16(20-14)11(9-22)6-10-7-12(17)13(19-5)18-8-10/h6-8,22H,9H2,1-5H3. The summed E-state index contributed by atoms with van der Waals surface area (Å²) >= 11 is 10.5. The van der Waals surface area contributed by atoms with E-state index in [2.05, 4.69) is 17.6 Å². The lowest BCUT2D eigenvalue weighted by Gasteiger charge is -2.32. The summed E-state index contributed by atoms with van der Waals surface area (Å²) in [7, 11) is 1.11.